The lowest BCUT2D eigenvalue weighted by atomic mass is 10.1. The highest BCUT2D eigenvalue weighted by Gasteiger charge is 2.21. The van der Waals surface area contributed by atoms with Crippen molar-refractivity contribution in [3.63, 3.8) is 0 Å². The van der Waals surface area contributed by atoms with Gasteiger partial charge >= 0.3 is 5.97 Å². The van der Waals surface area contributed by atoms with Crippen molar-refractivity contribution in [2.45, 2.75) is 13.0 Å². The maximum absolute atomic E-state index is 11.5. The van der Waals surface area contributed by atoms with Gasteiger partial charge in [0.15, 0.2) is 6.61 Å². The quantitative estimate of drug-likeness (QED) is 0.766. The van der Waals surface area contributed by atoms with Crippen molar-refractivity contribution < 1.29 is 19.1 Å². The standard InChI is InChI=1S/C12H14N2O4/c1-2-17-12(16)11(13)7-3-4-9-8(5-7)14-10(15)6-18-9/h3-5,11H,2,6,13H2,1H3,(H,14,15). The first-order valence-electron chi connectivity index (χ1n) is 5.60. The van der Waals surface area contributed by atoms with Gasteiger partial charge in [0.25, 0.3) is 5.91 Å². The summed E-state index contributed by atoms with van der Waals surface area (Å²) >= 11 is 0. The third-order valence-corrected chi connectivity index (χ3v) is 2.54. The van der Waals surface area contributed by atoms with Gasteiger partial charge < -0.3 is 20.5 Å². The van der Waals surface area contributed by atoms with Crippen molar-refractivity contribution in [1.29, 1.82) is 0 Å². The number of esters is 1. The van der Waals surface area contributed by atoms with Crippen LogP contribution >= 0.6 is 0 Å². The van der Waals surface area contributed by atoms with Gasteiger partial charge in [0.05, 0.1) is 12.3 Å². The van der Waals surface area contributed by atoms with E-state index in [0.717, 1.165) is 0 Å². The Kier molecular flexibility index (Phi) is 3.47. The molecule has 0 aliphatic carbocycles. The summed E-state index contributed by atoms with van der Waals surface area (Å²) in [5, 5.41) is 2.65. The van der Waals surface area contributed by atoms with E-state index in [1.807, 2.05) is 0 Å². The fraction of sp³-hybridized carbons (Fsp3) is 0.333. The monoisotopic (exact) mass is 250 g/mol. The minimum Gasteiger partial charge on any atom is -0.482 e. The van der Waals surface area contributed by atoms with E-state index < -0.39 is 12.0 Å². The molecule has 1 atom stereocenters. The topological polar surface area (TPSA) is 90.6 Å². The Bertz CT molecular complexity index is 487. The van der Waals surface area contributed by atoms with Crippen LogP contribution in [0.3, 0.4) is 0 Å². The number of rotatable bonds is 3. The van der Waals surface area contributed by atoms with Crippen LogP contribution in [0.4, 0.5) is 5.69 Å². The summed E-state index contributed by atoms with van der Waals surface area (Å²) in [7, 11) is 0. The van der Waals surface area contributed by atoms with E-state index in [9.17, 15) is 9.59 Å². The Balaban J connectivity index is 2.22. The molecule has 0 saturated heterocycles. The SMILES string of the molecule is CCOC(=O)C(N)c1ccc2c(c1)NC(=O)CO2. The lowest BCUT2D eigenvalue weighted by molar-refractivity contribution is -0.144. The molecule has 0 saturated carbocycles. The molecule has 1 aromatic carbocycles. The summed E-state index contributed by atoms with van der Waals surface area (Å²) in [4.78, 5) is 22.7. The van der Waals surface area contributed by atoms with Crippen LogP contribution in [0.1, 0.15) is 18.5 Å². The number of benzene rings is 1. The van der Waals surface area contributed by atoms with Crippen LogP contribution < -0.4 is 15.8 Å². The molecular weight excluding hydrogens is 236 g/mol. The number of ether oxygens (including phenoxy) is 2. The van der Waals surface area contributed by atoms with E-state index in [-0.39, 0.29) is 19.1 Å². The Morgan fingerprint density at radius 1 is 1.61 bits per heavy atom. The van der Waals surface area contributed by atoms with E-state index >= 15 is 0 Å². The van der Waals surface area contributed by atoms with Crippen molar-refractivity contribution in [3.05, 3.63) is 23.8 Å². The van der Waals surface area contributed by atoms with Gasteiger partial charge in [-0.05, 0) is 24.6 Å². The first-order chi connectivity index (χ1) is 8.61. The van der Waals surface area contributed by atoms with Crippen LogP contribution in [-0.2, 0) is 14.3 Å². The minimum atomic E-state index is -0.867. The van der Waals surface area contributed by atoms with Crippen molar-refractivity contribution in [2.75, 3.05) is 18.5 Å². The van der Waals surface area contributed by atoms with Gasteiger partial charge in [0.2, 0.25) is 0 Å². The Morgan fingerprint density at radius 2 is 2.39 bits per heavy atom. The zero-order chi connectivity index (χ0) is 13.1. The average Bonchev–Trinajstić information content (AvgIpc) is 2.37. The fourth-order valence-electron chi connectivity index (χ4n) is 1.66. The van der Waals surface area contributed by atoms with Crippen molar-refractivity contribution >= 4 is 17.6 Å². The Labute approximate surface area is 104 Å². The molecule has 6 heteroatoms. The molecule has 1 heterocycles. The van der Waals surface area contributed by atoms with Gasteiger partial charge in [-0.15, -0.1) is 0 Å². The third kappa shape index (κ3) is 2.43. The number of carbonyl (C=O) groups is 2. The van der Waals surface area contributed by atoms with E-state index in [2.05, 4.69) is 5.32 Å². The van der Waals surface area contributed by atoms with Gasteiger partial charge in [0.1, 0.15) is 11.8 Å². The molecule has 0 bridgehead atoms. The number of nitrogens with two attached hydrogens (primary N) is 1. The molecule has 0 fully saturated rings. The number of anilines is 1. The summed E-state index contributed by atoms with van der Waals surface area (Å²) in [5.74, 6) is -0.167. The van der Waals surface area contributed by atoms with E-state index in [0.29, 0.717) is 17.0 Å². The third-order valence-electron chi connectivity index (χ3n) is 2.54. The lowest BCUT2D eigenvalue weighted by Crippen LogP contribution is -2.27. The molecule has 3 N–H and O–H groups in total. The fourth-order valence-corrected chi connectivity index (χ4v) is 1.66. The number of fused-ring (bicyclic) bond motifs is 1. The predicted molar refractivity (Wildman–Crippen MR) is 64.1 cm³/mol. The number of hydrogen-bond acceptors (Lipinski definition) is 5. The highest BCUT2D eigenvalue weighted by atomic mass is 16.5. The molecule has 6 nitrogen and oxygen atoms in total. The largest absolute Gasteiger partial charge is 0.482 e. The van der Waals surface area contributed by atoms with Gasteiger partial charge in [-0.1, -0.05) is 6.07 Å². The van der Waals surface area contributed by atoms with E-state index in [4.69, 9.17) is 15.2 Å². The van der Waals surface area contributed by atoms with Crippen LogP contribution in [0.5, 0.6) is 5.75 Å². The van der Waals surface area contributed by atoms with Gasteiger partial charge in [-0.25, -0.2) is 4.79 Å². The second kappa shape index (κ2) is 5.05. The summed E-state index contributed by atoms with van der Waals surface area (Å²) in [6.07, 6.45) is 0. The molecule has 0 aromatic heterocycles. The molecule has 18 heavy (non-hydrogen) atoms. The van der Waals surface area contributed by atoms with E-state index in [1.54, 1.807) is 25.1 Å². The smallest absolute Gasteiger partial charge is 0.327 e. The van der Waals surface area contributed by atoms with Crippen LogP contribution in [0.15, 0.2) is 18.2 Å². The summed E-state index contributed by atoms with van der Waals surface area (Å²) in [5.41, 5.74) is 6.85. The Hall–Kier alpha value is -2.08. The van der Waals surface area contributed by atoms with Gasteiger partial charge in [-0.2, -0.15) is 0 Å². The van der Waals surface area contributed by atoms with Crippen LogP contribution in [0.2, 0.25) is 0 Å². The summed E-state index contributed by atoms with van der Waals surface area (Å²) in [6.45, 7) is 1.99. The minimum absolute atomic E-state index is 0.00369. The molecule has 1 aromatic rings. The van der Waals surface area contributed by atoms with Crippen LogP contribution in [0, 0.1) is 0 Å². The lowest BCUT2D eigenvalue weighted by Gasteiger charge is -2.19. The maximum atomic E-state index is 11.5. The second-order valence-electron chi connectivity index (χ2n) is 3.82. The number of hydrogen-bond donors (Lipinski definition) is 2. The molecule has 0 radical (unpaired) electrons. The highest BCUT2D eigenvalue weighted by Crippen LogP contribution is 2.30. The van der Waals surface area contributed by atoms with Gasteiger partial charge in [0, 0.05) is 0 Å². The zero-order valence-corrected chi connectivity index (χ0v) is 9.93. The number of amides is 1. The molecule has 96 valence electrons. The maximum Gasteiger partial charge on any atom is 0.327 e. The molecule has 2 rings (SSSR count). The molecule has 1 aliphatic heterocycles. The molecular formula is C12H14N2O4. The summed E-state index contributed by atoms with van der Waals surface area (Å²) in [6, 6.07) is 4.10. The van der Waals surface area contributed by atoms with E-state index in [1.165, 1.54) is 0 Å². The molecule has 1 unspecified atom stereocenters. The molecule has 1 aliphatic rings. The first-order valence-corrected chi connectivity index (χ1v) is 5.60. The zero-order valence-electron chi connectivity index (χ0n) is 9.93. The predicted octanol–water partition coefficient (Wildman–Crippen LogP) is 0.580. The van der Waals surface area contributed by atoms with Crippen LogP contribution in [-0.4, -0.2) is 25.1 Å². The highest BCUT2D eigenvalue weighted by molar-refractivity contribution is 5.95. The van der Waals surface area contributed by atoms with Gasteiger partial charge in [-0.3, -0.25) is 4.79 Å². The van der Waals surface area contributed by atoms with Crippen molar-refractivity contribution in [3.8, 4) is 5.75 Å². The van der Waals surface area contributed by atoms with Crippen LogP contribution in [0.25, 0.3) is 0 Å². The van der Waals surface area contributed by atoms with Crippen molar-refractivity contribution in [2.24, 2.45) is 5.73 Å². The second-order valence-corrected chi connectivity index (χ2v) is 3.82. The van der Waals surface area contributed by atoms with Crippen molar-refractivity contribution in [1.82, 2.24) is 0 Å². The summed E-state index contributed by atoms with van der Waals surface area (Å²) < 4.78 is 10.1. The first kappa shape index (κ1) is 12.4. The average molecular weight is 250 g/mol. The Morgan fingerprint density at radius 3 is 3.11 bits per heavy atom. The molecule has 0 spiro atoms. The molecule has 1 amide bonds. The number of carbonyl (C=O) groups excluding carboxylic acids is 2. The number of nitrogens with one attached hydrogen (secondary N) is 1. The normalized spacial score (nSPS) is 15.1.